The van der Waals surface area contributed by atoms with E-state index in [9.17, 15) is 14.4 Å². The van der Waals surface area contributed by atoms with Crippen molar-refractivity contribution in [2.24, 2.45) is 11.8 Å². The van der Waals surface area contributed by atoms with Gasteiger partial charge in [0.05, 0.1) is 19.1 Å². The molecule has 2 saturated heterocycles. The molecule has 0 spiro atoms. The van der Waals surface area contributed by atoms with Gasteiger partial charge in [-0.1, -0.05) is 6.92 Å². The van der Waals surface area contributed by atoms with Crippen molar-refractivity contribution in [3.8, 4) is 0 Å². The molecule has 2 heterocycles. The minimum atomic E-state index is -1.05. The minimum absolute atomic E-state index is 0.0657. The zero-order chi connectivity index (χ0) is 17.3. The maximum Gasteiger partial charge on any atom is 0.334 e. The molecule has 7 nitrogen and oxygen atoms in total. The highest BCUT2D eigenvalue weighted by atomic mass is 16.5. The van der Waals surface area contributed by atoms with Crippen LogP contribution in [0.1, 0.15) is 39.0 Å². The number of aliphatic carboxylic acids is 1. The number of amides is 2. The lowest BCUT2D eigenvalue weighted by Crippen LogP contribution is -2.50. The van der Waals surface area contributed by atoms with E-state index in [0.29, 0.717) is 13.1 Å². The number of hydrogen-bond donors (Lipinski definition) is 1. The Labute approximate surface area is 141 Å². The molecule has 2 amide bonds. The molecule has 0 aromatic rings. The zero-order valence-electron chi connectivity index (χ0n) is 14.1. The fourth-order valence-electron chi connectivity index (χ4n) is 4.06. The Bertz CT molecular complexity index is 515. The molecule has 24 heavy (non-hydrogen) atoms. The number of morpholine rings is 1. The summed E-state index contributed by atoms with van der Waals surface area (Å²) in [7, 11) is 0. The lowest BCUT2D eigenvalue weighted by atomic mass is 9.86. The molecule has 2 aliphatic heterocycles. The van der Waals surface area contributed by atoms with Crippen LogP contribution in [0.4, 0.5) is 0 Å². The normalized spacial score (nSPS) is 34.5. The van der Waals surface area contributed by atoms with E-state index >= 15 is 0 Å². The first kappa shape index (κ1) is 17.2. The number of carboxylic acid groups (broad SMARTS) is 1. The Morgan fingerprint density at radius 3 is 2.54 bits per heavy atom. The number of rotatable bonds is 3. The maximum absolute atomic E-state index is 12.7. The first-order valence-electron chi connectivity index (χ1n) is 8.88. The quantitative estimate of drug-likeness (QED) is 0.819. The van der Waals surface area contributed by atoms with Crippen molar-refractivity contribution in [1.29, 1.82) is 0 Å². The van der Waals surface area contributed by atoms with Crippen molar-refractivity contribution in [2.45, 2.75) is 51.2 Å². The van der Waals surface area contributed by atoms with E-state index in [1.165, 1.54) is 0 Å². The van der Waals surface area contributed by atoms with E-state index in [0.717, 1.165) is 31.6 Å². The summed E-state index contributed by atoms with van der Waals surface area (Å²) in [6.45, 7) is 3.42. The Hall–Kier alpha value is -1.63. The van der Waals surface area contributed by atoms with Crippen molar-refractivity contribution >= 4 is 17.8 Å². The molecule has 0 aromatic carbocycles. The third-order valence-electron chi connectivity index (χ3n) is 5.59. The van der Waals surface area contributed by atoms with E-state index in [4.69, 9.17) is 9.84 Å². The molecule has 2 atom stereocenters. The lowest BCUT2D eigenvalue weighted by Gasteiger charge is -2.34. The van der Waals surface area contributed by atoms with Crippen LogP contribution in [0.15, 0.2) is 0 Å². The molecule has 0 radical (unpaired) electrons. The summed E-state index contributed by atoms with van der Waals surface area (Å²) in [5, 5.41) is 9.05. The number of carbonyl (C=O) groups is 3. The summed E-state index contributed by atoms with van der Waals surface area (Å²) in [4.78, 5) is 39.6. The van der Waals surface area contributed by atoms with Crippen molar-refractivity contribution in [3.63, 3.8) is 0 Å². The average molecular weight is 338 g/mol. The average Bonchev–Trinajstić information content (AvgIpc) is 2.97. The Balaban J connectivity index is 1.58. The molecular weight excluding hydrogens is 312 g/mol. The van der Waals surface area contributed by atoms with Crippen molar-refractivity contribution < 1.29 is 24.2 Å². The van der Waals surface area contributed by atoms with Gasteiger partial charge in [-0.05, 0) is 31.6 Å². The maximum atomic E-state index is 12.7. The largest absolute Gasteiger partial charge is 0.479 e. The summed E-state index contributed by atoms with van der Waals surface area (Å²) in [5.41, 5.74) is 0. The van der Waals surface area contributed by atoms with Gasteiger partial charge in [0.15, 0.2) is 6.10 Å². The highest BCUT2D eigenvalue weighted by Gasteiger charge is 2.41. The summed E-state index contributed by atoms with van der Waals surface area (Å²) in [6.07, 6.45) is 3.60. The number of ether oxygens (including phenoxy) is 1. The highest BCUT2D eigenvalue weighted by molar-refractivity contribution is 5.89. The molecule has 1 aliphatic carbocycles. The summed E-state index contributed by atoms with van der Waals surface area (Å²) in [5.74, 6) is -0.712. The van der Waals surface area contributed by atoms with Crippen LogP contribution >= 0.6 is 0 Å². The molecule has 1 saturated carbocycles. The first-order valence-corrected chi connectivity index (χ1v) is 8.88. The molecule has 134 valence electrons. The predicted octanol–water partition coefficient (Wildman–Crippen LogP) is 0.726. The standard InChI is InChI=1S/C17H26N2O5/c1-11-2-4-13(5-3-11)19-9-12(8-15(19)20)16(21)18-6-7-24-14(10-18)17(22)23/h11-14H,2-10H2,1H3,(H,22,23)/t11?,12-,13?,14+/m0/s1. The first-order chi connectivity index (χ1) is 11.5. The molecule has 3 aliphatic rings. The number of carboxylic acids is 1. The van der Waals surface area contributed by atoms with Gasteiger partial charge < -0.3 is 19.6 Å². The van der Waals surface area contributed by atoms with Gasteiger partial charge in [0, 0.05) is 25.6 Å². The molecule has 7 heteroatoms. The predicted molar refractivity (Wildman–Crippen MR) is 85.2 cm³/mol. The van der Waals surface area contributed by atoms with Crippen LogP contribution in [-0.4, -0.2) is 71.1 Å². The van der Waals surface area contributed by atoms with E-state index < -0.39 is 12.1 Å². The Kier molecular flexibility index (Phi) is 5.08. The van der Waals surface area contributed by atoms with Gasteiger partial charge in [0.1, 0.15) is 0 Å². The van der Waals surface area contributed by atoms with Gasteiger partial charge in [-0.2, -0.15) is 0 Å². The number of likely N-dealkylation sites (tertiary alicyclic amines) is 1. The van der Waals surface area contributed by atoms with Gasteiger partial charge in [0.2, 0.25) is 11.8 Å². The van der Waals surface area contributed by atoms with E-state index in [2.05, 4.69) is 6.92 Å². The van der Waals surface area contributed by atoms with Gasteiger partial charge in [-0.25, -0.2) is 4.79 Å². The third-order valence-corrected chi connectivity index (χ3v) is 5.59. The second-order valence-electron chi connectivity index (χ2n) is 7.34. The van der Waals surface area contributed by atoms with Crippen LogP contribution in [0, 0.1) is 11.8 Å². The van der Waals surface area contributed by atoms with Crippen LogP contribution in [0.25, 0.3) is 0 Å². The third kappa shape index (κ3) is 3.55. The van der Waals surface area contributed by atoms with Crippen molar-refractivity contribution in [3.05, 3.63) is 0 Å². The van der Waals surface area contributed by atoms with Crippen molar-refractivity contribution in [1.82, 2.24) is 9.80 Å². The monoisotopic (exact) mass is 338 g/mol. The highest BCUT2D eigenvalue weighted by Crippen LogP contribution is 2.31. The Morgan fingerprint density at radius 2 is 1.88 bits per heavy atom. The summed E-state index contributed by atoms with van der Waals surface area (Å²) < 4.78 is 5.16. The molecule has 1 N–H and O–H groups in total. The fraction of sp³-hybridized carbons (Fsp3) is 0.824. The van der Waals surface area contributed by atoms with E-state index in [-0.39, 0.29) is 43.3 Å². The van der Waals surface area contributed by atoms with Crippen molar-refractivity contribution in [2.75, 3.05) is 26.2 Å². The van der Waals surface area contributed by atoms with Crippen LogP contribution in [-0.2, 0) is 19.1 Å². The van der Waals surface area contributed by atoms with Crippen LogP contribution < -0.4 is 0 Å². The van der Waals surface area contributed by atoms with E-state index in [1.54, 1.807) is 4.90 Å². The second-order valence-corrected chi connectivity index (χ2v) is 7.34. The topological polar surface area (TPSA) is 87.2 Å². The summed E-state index contributed by atoms with van der Waals surface area (Å²) in [6, 6.07) is 0.267. The molecular formula is C17H26N2O5. The summed E-state index contributed by atoms with van der Waals surface area (Å²) >= 11 is 0. The van der Waals surface area contributed by atoms with Crippen LogP contribution in [0.3, 0.4) is 0 Å². The van der Waals surface area contributed by atoms with Gasteiger partial charge in [-0.3, -0.25) is 9.59 Å². The minimum Gasteiger partial charge on any atom is -0.479 e. The van der Waals surface area contributed by atoms with Gasteiger partial charge >= 0.3 is 5.97 Å². The lowest BCUT2D eigenvalue weighted by molar-refractivity contribution is -0.160. The molecule has 0 bridgehead atoms. The SMILES string of the molecule is CC1CCC(N2C[C@@H](C(=O)N3CCO[C@@H](C(=O)O)C3)CC2=O)CC1. The smallest absolute Gasteiger partial charge is 0.334 e. The molecule has 3 rings (SSSR count). The second kappa shape index (κ2) is 7.09. The Morgan fingerprint density at radius 1 is 1.17 bits per heavy atom. The fourth-order valence-corrected chi connectivity index (χ4v) is 4.06. The molecule has 3 fully saturated rings. The van der Waals surface area contributed by atoms with Gasteiger partial charge in [-0.15, -0.1) is 0 Å². The zero-order valence-corrected chi connectivity index (χ0v) is 14.1. The van der Waals surface area contributed by atoms with E-state index in [1.807, 2.05) is 4.90 Å². The van der Waals surface area contributed by atoms with Crippen LogP contribution in [0.5, 0.6) is 0 Å². The molecule has 0 unspecified atom stereocenters. The molecule has 0 aromatic heterocycles. The van der Waals surface area contributed by atoms with Gasteiger partial charge in [0.25, 0.3) is 0 Å². The number of carbonyl (C=O) groups excluding carboxylic acids is 2. The number of nitrogens with zero attached hydrogens (tertiary/aromatic N) is 2. The number of hydrogen-bond acceptors (Lipinski definition) is 4. The van der Waals surface area contributed by atoms with Crippen LogP contribution in [0.2, 0.25) is 0 Å².